The highest BCUT2D eigenvalue weighted by molar-refractivity contribution is 7.93. The van der Waals surface area contributed by atoms with Gasteiger partial charge in [-0.05, 0) is 30.5 Å². The highest BCUT2D eigenvalue weighted by atomic mass is 32.2. The average molecular weight is 474 g/mol. The monoisotopic (exact) mass is 474 g/mol. The molecule has 30 heavy (non-hydrogen) atoms. The number of azo groups is 1. The Balaban J connectivity index is 2.02. The van der Waals surface area contributed by atoms with Crippen LogP contribution in [0.3, 0.4) is 0 Å². The third-order valence-electron chi connectivity index (χ3n) is 4.00. The van der Waals surface area contributed by atoms with Gasteiger partial charge in [0.15, 0.2) is 0 Å². The van der Waals surface area contributed by atoms with Crippen LogP contribution in [0.25, 0.3) is 0 Å². The summed E-state index contributed by atoms with van der Waals surface area (Å²) in [5.41, 5.74) is -5.25. The maximum Gasteiger partial charge on any atom is 0.516 e. The quantitative estimate of drug-likeness (QED) is 0.515. The lowest BCUT2D eigenvalue weighted by molar-refractivity contribution is -0.138. The summed E-state index contributed by atoms with van der Waals surface area (Å²) in [5, 5.41) is 11.4. The van der Waals surface area contributed by atoms with Crippen LogP contribution in [-0.4, -0.2) is 37.7 Å². The number of halogens is 6. The number of nitrogens with one attached hydrogen (secondary N) is 1. The number of alkyl halides is 6. The minimum Gasteiger partial charge on any atom is -0.374 e. The van der Waals surface area contributed by atoms with Gasteiger partial charge in [-0.15, -0.1) is 20.4 Å². The molecular weight excluding hydrogens is 462 g/mol. The topological polar surface area (TPSA) is 99.9 Å². The molecule has 0 spiro atoms. The minimum atomic E-state index is -5.76. The first-order valence-electron chi connectivity index (χ1n) is 8.07. The van der Waals surface area contributed by atoms with Crippen LogP contribution in [0.1, 0.15) is 17.0 Å². The molecule has 0 bridgehead atoms. The van der Waals surface area contributed by atoms with Crippen molar-refractivity contribution in [3.63, 3.8) is 0 Å². The van der Waals surface area contributed by atoms with Crippen LogP contribution < -0.4 is 9.62 Å². The van der Waals surface area contributed by atoms with Gasteiger partial charge in [0.25, 0.3) is 5.13 Å². The van der Waals surface area contributed by atoms with Crippen LogP contribution in [0.4, 0.5) is 48.5 Å². The van der Waals surface area contributed by atoms with Crippen LogP contribution in [-0.2, 0) is 22.6 Å². The molecule has 0 radical (unpaired) electrons. The zero-order valence-electron chi connectivity index (χ0n) is 14.9. The van der Waals surface area contributed by atoms with Crippen molar-refractivity contribution in [2.24, 2.45) is 10.2 Å². The highest BCUT2D eigenvalue weighted by Gasteiger charge is 2.46. The molecule has 164 valence electrons. The fourth-order valence-corrected chi connectivity index (χ4v) is 3.74. The van der Waals surface area contributed by atoms with Gasteiger partial charge in [0.2, 0.25) is 5.01 Å². The van der Waals surface area contributed by atoms with Crippen molar-refractivity contribution >= 4 is 43.6 Å². The van der Waals surface area contributed by atoms with Crippen LogP contribution in [0, 0.1) is 0 Å². The summed E-state index contributed by atoms with van der Waals surface area (Å²) in [4.78, 5) is 1.73. The van der Waals surface area contributed by atoms with E-state index in [0.29, 0.717) is 24.2 Å². The number of hydrogen-bond donors (Lipinski definition) is 1. The Kier molecular flexibility index (Phi) is 5.66. The van der Waals surface area contributed by atoms with E-state index in [1.165, 1.54) is 16.9 Å². The number of rotatable bonds is 4. The van der Waals surface area contributed by atoms with Crippen molar-refractivity contribution in [3.8, 4) is 0 Å². The molecule has 1 aliphatic rings. The fraction of sp³-hybridized carbons (Fsp3) is 0.429. The van der Waals surface area contributed by atoms with Gasteiger partial charge in [0, 0.05) is 19.3 Å². The summed E-state index contributed by atoms with van der Waals surface area (Å²) in [6, 6.07) is 2.50. The molecule has 1 aliphatic heterocycles. The zero-order chi connectivity index (χ0) is 22.3. The first kappa shape index (κ1) is 22.2. The summed E-state index contributed by atoms with van der Waals surface area (Å²) in [6.45, 7) is 0.602. The number of benzene rings is 1. The largest absolute Gasteiger partial charge is 0.516 e. The van der Waals surface area contributed by atoms with Gasteiger partial charge < -0.3 is 4.90 Å². The Morgan fingerprint density at radius 3 is 2.43 bits per heavy atom. The van der Waals surface area contributed by atoms with Crippen LogP contribution >= 0.6 is 11.3 Å². The molecule has 0 unspecified atom stereocenters. The second kappa shape index (κ2) is 7.64. The molecule has 1 aromatic heterocycles. The van der Waals surface area contributed by atoms with Gasteiger partial charge >= 0.3 is 21.7 Å². The third-order valence-corrected chi connectivity index (χ3v) is 5.95. The number of hydrogen-bond acceptors (Lipinski definition) is 8. The Morgan fingerprint density at radius 1 is 1.13 bits per heavy atom. The lowest BCUT2D eigenvalue weighted by Crippen LogP contribution is -2.30. The predicted molar refractivity (Wildman–Crippen MR) is 95.7 cm³/mol. The van der Waals surface area contributed by atoms with Crippen LogP contribution in [0.15, 0.2) is 22.4 Å². The molecular formula is C14H12F6N6O2S2. The molecule has 0 saturated carbocycles. The Hall–Kier alpha value is -2.49. The average Bonchev–Trinajstić information content (AvgIpc) is 3.09. The summed E-state index contributed by atoms with van der Waals surface area (Å²) < 4.78 is 101. The maximum atomic E-state index is 12.8. The van der Waals surface area contributed by atoms with Crippen molar-refractivity contribution < 1.29 is 34.8 Å². The van der Waals surface area contributed by atoms with Gasteiger partial charge in [0.1, 0.15) is 5.69 Å². The molecule has 0 saturated heterocycles. The first-order chi connectivity index (χ1) is 13.8. The molecule has 16 heteroatoms. The zero-order valence-corrected chi connectivity index (χ0v) is 16.5. The van der Waals surface area contributed by atoms with E-state index in [1.807, 2.05) is 0 Å². The molecule has 3 rings (SSSR count). The number of aromatic nitrogens is 2. The smallest absolute Gasteiger partial charge is 0.374 e. The van der Waals surface area contributed by atoms with Crippen molar-refractivity contribution in [1.82, 2.24) is 10.2 Å². The van der Waals surface area contributed by atoms with E-state index in [1.54, 1.807) is 11.9 Å². The van der Waals surface area contributed by atoms with Crippen molar-refractivity contribution in [2.45, 2.75) is 24.5 Å². The molecule has 0 amide bonds. The molecule has 0 aliphatic carbocycles. The van der Waals surface area contributed by atoms with Gasteiger partial charge in [-0.1, -0.05) is 11.3 Å². The lowest BCUT2D eigenvalue weighted by atomic mass is 10.0. The van der Waals surface area contributed by atoms with E-state index in [-0.39, 0.29) is 17.0 Å². The molecule has 0 atom stereocenters. The van der Waals surface area contributed by atoms with Crippen LogP contribution in [0.5, 0.6) is 0 Å². The molecule has 2 aromatic rings. The molecule has 1 aromatic carbocycles. The van der Waals surface area contributed by atoms with Crippen LogP contribution in [0.2, 0.25) is 0 Å². The van der Waals surface area contributed by atoms with E-state index < -0.39 is 37.5 Å². The van der Waals surface area contributed by atoms with E-state index in [9.17, 15) is 34.8 Å². The summed E-state index contributed by atoms with van der Waals surface area (Å²) in [7, 11) is -4.08. The number of sulfonamides is 1. The van der Waals surface area contributed by atoms with E-state index in [2.05, 4.69) is 20.4 Å². The van der Waals surface area contributed by atoms with E-state index in [0.717, 1.165) is 6.42 Å². The van der Waals surface area contributed by atoms with E-state index >= 15 is 0 Å². The van der Waals surface area contributed by atoms with Crippen molar-refractivity contribution in [3.05, 3.63) is 22.7 Å². The van der Waals surface area contributed by atoms with Gasteiger partial charge in [-0.2, -0.15) is 34.8 Å². The number of nitrogens with zero attached hydrogens (tertiary/aromatic N) is 5. The predicted octanol–water partition coefficient (Wildman–Crippen LogP) is 4.62. The second-order valence-corrected chi connectivity index (χ2v) is 8.79. The molecule has 2 heterocycles. The Bertz CT molecular complexity index is 1080. The Morgan fingerprint density at radius 2 is 1.83 bits per heavy atom. The first-order valence-corrected chi connectivity index (χ1v) is 10.4. The normalized spacial score (nSPS) is 15.5. The number of aryl methyl sites for hydroxylation is 1. The van der Waals surface area contributed by atoms with Crippen molar-refractivity contribution in [1.29, 1.82) is 0 Å². The number of fused-ring (bicyclic) bond motifs is 1. The third kappa shape index (κ3) is 4.63. The van der Waals surface area contributed by atoms with Gasteiger partial charge in [0.05, 0.1) is 5.69 Å². The Labute approximate surface area is 169 Å². The van der Waals surface area contributed by atoms with Gasteiger partial charge in [-0.3, -0.25) is 4.72 Å². The fourth-order valence-electron chi connectivity index (χ4n) is 2.64. The summed E-state index contributed by atoms with van der Waals surface area (Å²) in [5.74, 6) is 0. The summed E-state index contributed by atoms with van der Waals surface area (Å²) >= 11 is 0.0770. The highest BCUT2D eigenvalue weighted by Crippen LogP contribution is 2.40. The lowest BCUT2D eigenvalue weighted by Gasteiger charge is -2.28. The maximum absolute atomic E-state index is 12.8. The molecule has 1 N–H and O–H groups in total. The standard InChI is InChI=1S/C14H12F6N6O2S2/c1-26-4-2-3-7-5-8(21-23-12-24-22-11(29-12)13(15,16)17)9(6-10(7)26)25-30(27,28)14(18,19)20/h5-6,25H,2-4H2,1H3. The van der Waals surface area contributed by atoms with Gasteiger partial charge in [-0.25, -0.2) is 0 Å². The van der Waals surface area contributed by atoms with E-state index in [4.69, 9.17) is 0 Å². The minimum absolute atomic E-state index is 0.0770. The second-order valence-electron chi connectivity index (χ2n) is 6.16. The molecule has 8 nitrogen and oxygen atoms in total. The van der Waals surface area contributed by atoms with Crippen molar-refractivity contribution in [2.75, 3.05) is 23.2 Å². The SMILES string of the molecule is CN1CCCc2cc(N=Nc3nnc(C(F)(F)F)s3)c(NS(=O)(=O)C(F)(F)F)cc21. The number of anilines is 2. The summed E-state index contributed by atoms with van der Waals surface area (Å²) in [6.07, 6.45) is -3.46. The molecule has 0 fully saturated rings.